The lowest BCUT2D eigenvalue weighted by Gasteiger charge is -2.32. The Bertz CT molecular complexity index is 391. The summed E-state index contributed by atoms with van der Waals surface area (Å²) in [4.78, 5) is 0. The predicted molar refractivity (Wildman–Crippen MR) is 75.3 cm³/mol. The minimum Gasteiger partial charge on any atom is -0.495 e. The minimum atomic E-state index is 0.442. The Balaban J connectivity index is 1.68. The number of nitrogens with two attached hydrogens (primary N) is 1. The second-order valence-electron chi connectivity index (χ2n) is 5.02. The maximum Gasteiger partial charge on any atom is 0.137 e. The smallest absolute Gasteiger partial charge is 0.137 e. The van der Waals surface area contributed by atoms with Crippen molar-refractivity contribution in [1.82, 2.24) is 5.32 Å². The molecule has 0 radical (unpaired) electrons. The highest BCUT2D eigenvalue weighted by Crippen LogP contribution is 2.25. The SMILES string of the molecule is COc1ccc(CCNCC2CC(N)C2)cc1Cl. The zero-order valence-corrected chi connectivity index (χ0v) is 11.5. The van der Waals surface area contributed by atoms with Crippen LogP contribution in [-0.2, 0) is 6.42 Å². The van der Waals surface area contributed by atoms with Gasteiger partial charge in [0, 0.05) is 6.04 Å². The summed E-state index contributed by atoms with van der Waals surface area (Å²) >= 11 is 6.08. The van der Waals surface area contributed by atoms with Gasteiger partial charge in [-0.2, -0.15) is 0 Å². The van der Waals surface area contributed by atoms with Crippen LogP contribution in [0.5, 0.6) is 5.75 Å². The largest absolute Gasteiger partial charge is 0.495 e. The Morgan fingerprint density at radius 3 is 2.83 bits per heavy atom. The van der Waals surface area contributed by atoms with Crippen molar-refractivity contribution in [2.24, 2.45) is 11.7 Å². The van der Waals surface area contributed by atoms with E-state index in [-0.39, 0.29) is 0 Å². The van der Waals surface area contributed by atoms with E-state index < -0.39 is 0 Å². The van der Waals surface area contributed by atoms with Crippen LogP contribution in [0.1, 0.15) is 18.4 Å². The molecule has 1 aromatic carbocycles. The van der Waals surface area contributed by atoms with E-state index in [0.29, 0.717) is 11.1 Å². The number of halogens is 1. The van der Waals surface area contributed by atoms with Crippen LogP contribution in [0, 0.1) is 5.92 Å². The fourth-order valence-corrected chi connectivity index (χ4v) is 2.64. The van der Waals surface area contributed by atoms with Crippen molar-refractivity contribution in [3.63, 3.8) is 0 Å². The zero-order valence-electron chi connectivity index (χ0n) is 10.8. The highest BCUT2D eigenvalue weighted by atomic mass is 35.5. The molecular formula is C14H21ClN2O. The molecule has 1 aliphatic carbocycles. The summed E-state index contributed by atoms with van der Waals surface area (Å²) in [5.41, 5.74) is 6.99. The number of ether oxygens (including phenoxy) is 1. The van der Waals surface area contributed by atoms with Gasteiger partial charge in [0.2, 0.25) is 0 Å². The average molecular weight is 269 g/mol. The van der Waals surface area contributed by atoms with E-state index >= 15 is 0 Å². The normalized spacial score (nSPS) is 22.6. The van der Waals surface area contributed by atoms with Gasteiger partial charge in [-0.1, -0.05) is 17.7 Å². The molecule has 4 heteroatoms. The first-order valence-corrected chi connectivity index (χ1v) is 6.85. The number of rotatable bonds is 6. The van der Waals surface area contributed by atoms with Crippen LogP contribution in [-0.4, -0.2) is 26.2 Å². The quantitative estimate of drug-likeness (QED) is 0.778. The standard InChI is InChI=1S/C14H21ClN2O/c1-18-14-3-2-10(8-13(14)15)4-5-17-9-11-6-12(16)7-11/h2-3,8,11-12,17H,4-7,9,16H2,1H3. The molecular weight excluding hydrogens is 248 g/mol. The van der Waals surface area contributed by atoms with Crippen molar-refractivity contribution in [3.8, 4) is 5.75 Å². The van der Waals surface area contributed by atoms with Crippen LogP contribution in [0.25, 0.3) is 0 Å². The molecule has 3 nitrogen and oxygen atoms in total. The topological polar surface area (TPSA) is 47.3 Å². The Hall–Kier alpha value is -0.770. The molecule has 0 saturated heterocycles. The van der Waals surface area contributed by atoms with Crippen LogP contribution >= 0.6 is 11.6 Å². The van der Waals surface area contributed by atoms with E-state index in [9.17, 15) is 0 Å². The van der Waals surface area contributed by atoms with E-state index in [1.54, 1.807) is 7.11 Å². The average Bonchev–Trinajstić information content (AvgIpc) is 2.32. The van der Waals surface area contributed by atoms with Crippen LogP contribution in [0.4, 0.5) is 0 Å². The van der Waals surface area contributed by atoms with E-state index in [4.69, 9.17) is 22.1 Å². The van der Waals surface area contributed by atoms with Gasteiger partial charge in [0.25, 0.3) is 0 Å². The molecule has 0 unspecified atom stereocenters. The number of nitrogens with one attached hydrogen (secondary N) is 1. The predicted octanol–water partition coefficient (Wildman–Crippen LogP) is 2.22. The number of hydrogen-bond donors (Lipinski definition) is 2. The minimum absolute atomic E-state index is 0.442. The molecule has 0 atom stereocenters. The van der Waals surface area contributed by atoms with E-state index in [2.05, 4.69) is 11.4 Å². The number of methoxy groups -OCH3 is 1. The van der Waals surface area contributed by atoms with Gasteiger partial charge in [-0.3, -0.25) is 0 Å². The summed E-state index contributed by atoms with van der Waals surface area (Å²) in [7, 11) is 1.63. The molecule has 2 rings (SSSR count). The highest BCUT2D eigenvalue weighted by Gasteiger charge is 2.24. The first-order chi connectivity index (χ1) is 8.69. The Labute approximate surface area is 114 Å². The van der Waals surface area contributed by atoms with Gasteiger partial charge in [-0.25, -0.2) is 0 Å². The van der Waals surface area contributed by atoms with Gasteiger partial charge in [-0.05, 0) is 56.0 Å². The lowest BCUT2D eigenvalue weighted by Crippen LogP contribution is -2.41. The molecule has 0 spiro atoms. The van der Waals surface area contributed by atoms with Gasteiger partial charge < -0.3 is 15.8 Å². The molecule has 18 heavy (non-hydrogen) atoms. The summed E-state index contributed by atoms with van der Waals surface area (Å²) in [6.45, 7) is 2.06. The molecule has 100 valence electrons. The Morgan fingerprint density at radius 2 is 2.22 bits per heavy atom. The molecule has 0 aliphatic heterocycles. The van der Waals surface area contributed by atoms with Gasteiger partial charge >= 0.3 is 0 Å². The molecule has 1 fully saturated rings. The maximum absolute atomic E-state index is 6.08. The van der Waals surface area contributed by atoms with Gasteiger partial charge in [-0.15, -0.1) is 0 Å². The van der Waals surface area contributed by atoms with Gasteiger partial charge in [0.1, 0.15) is 5.75 Å². The number of hydrogen-bond acceptors (Lipinski definition) is 3. The molecule has 1 aromatic rings. The molecule has 0 amide bonds. The Morgan fingerprint density at radius 1 is 1.44 bits per heavy atom. The second kappa shape index (κ2) is 6.41. The highest BCUT2D eigenvalue weighted by molar-refractivity contribution is 6.32. The molecule has 0 heterocycles. The van der Waals surface area contributed by atoms with Crippen LogP contribution in [0.3, 0.4) is 0 Å². The summed E-state index contributed by atoms with van der Waals surface area (Å²) in [5.74, 6) is 1.51. The third kappa shape index (κ3) is 3.61. The van der Waals surface area contributed by atoms with Crippen molar-refractivity contribution < 1.29 is 4.74 Å². The zero-order chi connectivity index (χ0) is 13.0. The van der Waals surface area contributed by atoms with Crippen LogP contribution < -0.4 is 15.8 Å². The second-order valence-corrected chi connectivity index (χ2v) is 5.43. The number of benzene rings is 1. The molecule has 1 aliphatic rings. The van der Waals surface area contributed by atoms with Crippen molar-refractivity contribution in [2.45, 2.75) is 25.3 Å². The Kier molecular flexibility index (Phi) is 4.87. The fraction of sp³-hybridized carbons (Fsp3) is 0.571. The summed E-state index contributed by atoms with van der Waals surface area (Å²) in [6.07, 6.45) is 3.32. The lowest BCUT2D eigenvalue weighted by molar-refractivity contribution is 0.257. The first-order valence-electron chi connectivity index (χ1n) is 6.47. The van der Waals surface area contributed by atoms with E-state index in [1.807, 2.05) is 12.1 Å². The molecule has 0 bridgehead atoms. The van der Waals surface area contributed by atoms with Crippen molar-refractivity contribution in [3.05, 3.63) is 28.8 Å². The van der Waals surface area contributed by atoms with Crippen LogP contribution in [0.2, 0.25) is 5.02 Å². The summed E-state index contributed by atoms with van der Waals surface area (Å²) in [6, 6.07) is 6.40. The lowest BCUT2D eigenvalue weighted by atomic mass is 9.81. The van der Waals surface area contributed by atoms with Crippen molar-refractivity contribution >= 4 is 11.6 Å². The fourth-order valence-electron chi connectivity index (χ4n) is 2.36. The molecule has 1 saturated carbocycles. The van der Waals surface area contributed by atoms with Crippen molar-refractivity contribution in [2.75, 3.05) is 20.2 Å². The third-order valence-electron chi connectivity index (χ3n) is 3.51. The monoisotopic (exact) mass is 268 g/mol. The first kappa shape index (κ1) is 13.7. The third-order valence-corrected chi connectivity index (χ3v) is 3.81. The van der Waals surface area contributed by atoms with Gasteiger partial charge in [0.05, 0.1) is 12.1 Å². The summed E-state index contributed by atoms with van der Waals surface area (Å²) in [5, 5.41) is 4.16. The molecule has 0 aromatic heterocycles. The summed E-state index contributed by atoms with van der Waals surface area (Å²) < 4.78 is 5.13. The van der Waals surface area contributed by atoms with Crippen molar-refractivity contribution in [1.29, 1.82) is 0 Å². The maximum atomic E-state index is 6.08. The van der Waals surface area contributed by atoms with E-state index in [0.717, 1.165) is 31.2 Å². The molecule has 3 N–H and O–H groups in total. The van der Waals surface area contributed by atoms with Crippen LogP contribution in [0.15, 0.2) is 18.2 Å². The van der Waals surface area contributed by atoms with Gasteiger partial charge in [0.15, 0.2) is 0 Å². The van der Waals surface area contributed by atoms with E-state index in [1.165, 1.54) is 18.4 Å².